The summed E-state index contributed by atoms with van der Waals surface area (Å²) in [5.41, 5.74) is 3.58. The average Bonchev–Trinajstić information content (AvgIpc) is 2.92. The van der Waals surface area contributed by atoms with Crippen LogP contribution in [0.25, 0.3) is 10.8 Å². The number of hydrogen-bond donors (Lipinski definition) is 1. The highest BCUT2D eigenvalue weighted by molar-refractivity contribution is 8.22. The van der Waals surface area contributed by atoms with Crippen molar-refractivity contribution in [1.82, 2.24) is 15.1 Å². The molecule has 3 aromatic rings. The molecule has 1 N–H and O–H groups in total. The van der Waals surface area contributed by atoms with E-state index in [0.29, 0.717) is 17.7 Å². The van der Waals surface area contributed by atoms with Crippen LogP contribution in [0, 0.1) is 0 Å². The second-order valence-corrected chi connectivity index (χ2v) is 10.7. The molecule has 2 aliphatic heterocycles. The molecule has 2 aliphatic rings. The zero-order valence-electron chi connectivity index (χ0n) is 20.4. The highest BCUT2D eigenvalue weighted by atomic mass is 32.2. The van der Waals surface area contributed by atoms with Crippen LogP contribution < -0.4 is 10.2 Å². The highest BCUT2D eigenvalue weighted by Gasteiger charge is 2.33. The maximum atomic E-state index is 13.2. The Morgan fingerprint density at radius 3 is 2.36 bits per heavy atom. The summed E-state index contributed by atoms with van der Waals surface area (Å²) in [7, 11) is 1.87. The van der Waals surface area contributed by atoms with E-state index in [2.05, 4.69) is 39.4 Å². The summed E-state index contributed by atoms with van der Waals surface area (Å²) >= 11 is 7.44. The molecule has 186 valence electrons. The van der Waals surface area contributed by atoms with Crippen LogP contribution in [0.5, 0.6) is 0 Å². The average molecular weight is 519 g/mol. The monoisotopic (exact) mass is 518 g/mol. The molecule has 2 amide bonds. The van der Waals surface area contributed by atoms with E-state index >= 15 is 0 Å². The number of piperazine rings is 1. The molecule has 0 bridgehead atoms. The Kier molecular flexibility index (Phi) is 7.55. The van der Waals surface area contributed by atoms with Crippen LogP contribution in [-0.2, 0) is 5.75 Å². The van der Waals surface area contributed by atoms with Crippen LogP contribution in [-0.4, -0.2) is 72.3 Å². The molecular formula is C28H30N4O2S2. The molecule has 0 atom stereocenters. The SMILES string of the molecule is CNCCCN1C(=O)c2cccc3c(N4CCN(C(=S)SCc5ccccc5)CC4)ccc(c23)C1=O. The van der Waals surface area contributed by atoms with Crippen LogP contribution in [0.3, 0.4) is 0 Å². The molecule has 0 radical (unpaired) electrons. The van der Waals surface area contributed by atoms with Gasteiger partial charge in [-0.15, -0.1) is 0 Å². The van der Waals surface area contributed by atoms with Gasteiger partial charge in [-0.05, 0) is 43.8 Å². The molecule has 3 aromatic carbocycles. The number of rotatable bonds is 7. The topological polar surface area (TPSA) is 55.9 Å². The van der Waals surface area contributed by atoms with Gasteiger partial charge in [0, 0.05) is 66.1 Å². The van der Waals surface area contributed by atoms with E-state index < -0.39 is 0 Å². The van der Waals surface area contributed by atoms with E-state index in [9.17, 15) is 9.59 Å². The van der Waals surface area contributed by atoms with Crippen molar-refractivity contribution < 1.29 is 9.59 Å². The maximum absolute atomic E-state index is 13.2. The molecule has 0 spiro atoms. The summed E-state index contributed by atoms with van der Waals surface area (Å²) in [5, 5.41) is 4.83. The fraction of sp³-hybridized carbons (Fsp3) is 0.321. The van der Waals surface area contributed by atoms with Crippen LogP contribution in [0.4, 0.5) is 5.69 Å². The van der Waals surface area contributed by atoms with Gasteiger partial charge in [0.1, 0.15) is 4.32 Å². The first-order valence-electron chi connectivity index (χ1n) is 12.4. The van der Waals surface area contributed by atoms with Gasteiger partial charge >= 0.3 is 0 Å². The fourth-order valence-corrected chi connectivity index (χ4v) is 6.17. The highest BCUT2D eigenvalue weighted by Crippen LogP contribution is 2.36. The second kappa shape index (κ2) is 11.0. The van der Waals surface area contributed by atoms with Crippen molar-refractivity contribution in [3.8, 4) is 0 Å². The van der Waals surface area contributed by atoms with Gasteiger partial charge < -0.3 is 15.1 Å². The second-order valence-electron chi connectivity index (χ2n) is 9.09. The third-order valence-corrected chi connectivity index (χ3v) is 8.46. The number of thioether (sulfide) groups is 1. The van der Waals surface area contributed by atoms with Gasteiger partial charge in [-0.25, -0.2) is 0 Å². The van der Waals surface area contributed by atoms with Gasteiger partial charge in [0.2, 0.25) is 0 Å². The van der Waals surface area contributed by atoms with Gasteiger partial charge in [0.05, 0.1) is 0 Å². The Hall–Kier alpha value is -2.94. The largest absolute Gasteiger partial charge is 0.367 e. The molecule has 0 saturated carbocycles. The molecule has 8 heteroatoms. The summed E-state index contributed by atoms with van der Waals surface area (Å²) in [6, 6.07) is 20.1. The molecule has 1 saturated heterocycles. The molecule has 2 heterocycles. The van der Waals surface area contributed by atoms with Crippen LogP contribution in [0.2, 0.25) is 0 Å². The first-order chi connectivity index (χ1) is 17.6. The summed E-state index contributed by atoms with van der Waals surface area (Å²) in [6.45, 7) is 4.54. The first kappa shape index (κ1) is 24.7. The lowest BCUT2D eigenvalue weighted by Crippen LogP contribution is -2.47. The number of amides is 2. The molecule has 36 heavy (non-hydrogen) atoms. The smallest absolute Gasteiger partial charge is 0.261 e. The number of carbonyl (C=O) groups is 2. The quantitative estimate of drug-likeness (QED) is 0.283. The van der Waals surface area contributed by atoms with Gasteiger partial charge in [-0.2, -0.15) is 0 Å². The Bertz CT molecular complexity index is 1270. The van der Waals surface area contributed by atoms with Crippen molar-refractivity contribution in [2.45, 2.75) is 12.2 Å². The Balaban J connectivity index is 1.31. The van der Waals surface area contributed by atoms with Gasteiger partial charge in [-0.1, -0.05) is 66.4 Å². The van der Waals surface area contributed by atoms with Gasteiger partial charge in [0.15, 0.2) is 0 Å². The molecule has 5 rings (SSSR count). The van der Waals surface area contributed by atoms with Crippen molar-refractivity contribution in [3.05, 3.63) is 77.4 Å². The number of imide groups is 1. The lowest BCUT2D eigenvalue weighted by Gasteiger charge is -2.38. The maximum Gasteiger partial charge on any atom is 0.261 e. The van der Waals surface area contributed by atoms with Crippen LogP contribution in [0.1, 0.15) is 32.7 Å². The zero-order chi connectivity index (χ0) is 25.1. The van der Waals surface area contributed by atoms with Gasteiger partial charge in [0.25, 0.3) is 11.8 Å². The van der Waals surface area contributed by atoms with Crippen molar-refractivity contribution in [1.29, 1.82) is 0 Å². The Labute approximate surface area is 221 Å². The summed E-state index contributed by atoms with van der Waals surface area (Å²) in [5.74, 6) is 0.483. The molecule has 1 fully saturated rings. The van der Waals surface area contributed by atoms with E-state index in [4.69, 9.17) is 12.2 Å². The van der Waals surface area contributed by atoms with Crippen molar-refractivity contribution in [2.24, 2.45) is 0 Å². The molecule has 0 unspecified atom stereocenters. The predicted octanol–water partition coefficient (Wildman–Crippen LogP) is 4.39. The third-order valence-electron chi connectivity index (χ3n) is 6.86. The van der Waals surface area contributed by atoms with E-state index in [1.165, 1.54) is 10.5 Å². The van der Waals surface area contributed by atoms with Crippen LogP contribution in [0.15, 0.2) is 60.7 Å². The number of nitrogens with one attached hydrogen (secondary N) is 1. The number of anilines is 1. The van der Waals surface area contributed by atoms with E-state index in [1.54, 1.807) is 11.8 Å². The normalized spacial score (nSPS) is 15.6. The van der Waals surface area contributed by atoms with Crippen molar-refractivity contribution in [3.63, 3.8) is 0 Å². The number of benzene rings is 3. The Morgan fingerprint density at radius 1 is 0.917 bits per heavy atom. The van der Waals surface area contributed by atoms with Crippen molar-refractivity contribution >= 4 is 56.6 Å². The molecule has 0 aromatic heterocycles. The fourth-order valence-electron chi connectivity index (χ4n) is 4.96. The lowest BCUT2D eigenvalue weighted by atomic mass is 9.92. The summed E-state index contributed by atoms with van der Waals surface area (Å²) in [4.78, 5) is 32.5. The first-order valence-corrected chi connectivity index (χ1v) is 13.7. The minimum Gasteiger partial charge on any atom is -0.367 e. The minimum atomic E-state index is -0.197. The standard InChI is InChI=1S/C28H30N4O2S2/c1-29-13-6-14-32-26(33)22-10-5-9-21-24(12-11-23(25(21)22)27(32)34)30-15-17-31(18-16-30)28(35)36-19-20-7-3-2-4-8-20/h2-5,7-12,29H,6,13-19H2,1H3. The molecule has 6 nitrogen and oxygen atoms in total. The van der Waals surface area contributed by atoms with Crippen LogP contribution >= 0.6 is 24.0 Å². The lowest BCUT2D eigenvalue weighted by molar-refractivity contribution is 0.0609. The summed E-state index contributed by atoms with van der Waals surface area (Å²) < 4.78 is 0.935. The number of thiocarbonyl (C=S) groups is 1. The predicted molar refractivity (Wildman–Crippen MR) is 152 cm³/mol. The number of carbonyl (C=O) groups excluding carboxylic acids is 2. The minimum absolute atomic E-state index is 0.197. The Morgan fingerprint density at radius 2 is 1.64 bits per heavy atom. The van der Waals surface area contributed by atoms with Gasteiger partial charge in [-0.3, -0.25) is 14.5 Å². The zero-order valence-corrected chi connectivity index (χ0v) is 22.0. The van der Waals surface area contributed by atoms with E-state index in [-0.39, 0.29) is 11.8 Å². The number of nitrogens with zero attached hydrogens (tertiary/aromatic N) is 3. The third kappa shape index (κ3) is 4.85. The van der Waals surface area contributed by atoms with E-state index in [1.807, 2.05) is 43.4 Å². The molecular weight excluding hydrogens is 488 g/mol. The van der Waals surface area contributed by atoms with E-state index in [0.717, 1.165) is 65.7 Å². The number of hydrogen-bond acceptors (Lipinski definition) is 6. The summed E-state index contributed by atoms with van der Waals surface area (Å²) in [6.07, 6.45) is 0.729. The molecule has 0 aliphatic carbocycles. The van der Waals surface area contributed by atoms with Crippen molar-refractivity contribution in [2.75, 3.05) is 51.2 Å².